The Kier molecular flexibility index (Phi) is 4.47. The Morgan fingerprint density at radius 1 is 1.16 bits per heavy atom. The third-order valence-electron chi connectivity index (χ3n) is 3.64. The summed E-state index contributed by atoms with van der Waals surface area (Å²) < 4.78 is 1.40. The Bertz CT molecular complexity index is 987. The number of para-hydroxylation sites is 2. The molecule has 0 saturated carbocycles. The predicted molar refractivity (Wildman–Crippen MR) is 94.3 cm³/mol. The van der Waals surface area contributed by atoms with Crippen LogP contribution in [0.4, 0.5) is 0 Å². The van der Waals surface area contributed by atoms with Crippen molar-refractivity contribution in [2.45, 2.75) is 6.92 Å². The number of aromatic nitrogens is 2. The standard InChI is InChI=1S/C18H16N4O3/c1-12-15(18(25)22(21-12)13-7-3-2-4-8-13)11-19-20-17(24)14-9-5-6-10-16(14)23/h2-11,21,23H,1H3,(H,20,24). The van der Waals surface area contributed by atoms with Gasteiger partial charge < -0.3 is 5.11 Å². The highest BCUT2D eigenvalue weighted by Gasteiger charge is 2.11. The maximum Gasteiger partial charge on any atom is 0.280 e. The molecule has 0 spiro atoms. The Hall–Kier alpha value is -3.61. The molecule has 3 aromatic rings. The number of amides is 1. The summed E-state index contributed by atoms with van der Waals surface area (Å²) >= 11 is 0. The van der Waals surface area contributed by atoms with Crippen molar-refractivity contribution in [3.05, 3.63) is 81.8 Å². The van der Waals surface area contributed by atoms with Crippen LogP contribution < -0.4 is 11.0 Å². The number of rotatable bonds is 4. The Labute approximate surface area is 143 Å². The van der Waals surface area contributed by atoms with Gasteiger partial charge in [0.25, 0.3) is 11.5 Å². The molecule has 1 aromatic heterocycles. The lowest BCUT2D eigenvalue weighted by Gasteiger charge is -2.01. The zero-order chi connectivity index (χ0) is 17.8. The van der Waals surface area contributed by atoms with Crippen molar-refractivity contribution < 1.29 is 9.90 Å². The lowest BCUT2D eigenvalue weighted by Crippen LogP contribution is -2.20. The molecule has 25 heavy (non-hydrogen) atoms. The van der Waals surface area contributed by atoms with E-state index in [1.54, 1.807) is 31.2 Å². The van der Waals surface area contributed by atoms with E-state index in [0.717, 1.165) is 0 Å². The zero-order valence-electron chi connectivity index (χ0n) is 13.4. The van der Waals surface area contributed by atoms with E-state index in [1.165, 1.54) is 23.0 Å². The molecule has 2 aromatic carbocycles. The fourth-order valence-electron chi connectivity index (χ4n) is 2.35. The second-order valence-electron chi connectivity index (χ2n) is 5.34. The second-order valence-corrected chi connectivity index (χ2v) is 5.34. The minimum absolute atomic E-state index is 0.104. The molecule has 1 heterocycles. The van der Waals surface area contributed by atoms with Gasteiger partial charge in [-0.25, -0.2) is 10.1 Å². The number of aryl methyl sites for hydroxylation is 1. The summed E-state index contributed by atoms with van der Waals surface area (Å²) in [6.07, 6.45) is 1.28. The summed E-state index contributed by atoms with van der Waals surface area (Å²) in [5.41, 5.74) is 3.79. The molecule has 0 unspecified atom stereocenters. The number of hydrogen-bond acceptors (Lipinski definition) is 4. The van der Waals surface area contributed by atoms with Crippen molar-refractivity contribution in [2.24, 2.45) is 5.10 Å². The van der Waals surface area contributed by atoms with Gasteiger partial charge in [0.05, 0.1) is 23.0 Å². The van der Waals surface area contributed by atoms with Gasteiger partial charge in [-0.2, -0.15) is 5.10 Å². The molecule has 1 amide bonds. The Morgan fingerprint density at radius 2 is 1.84 bits per heavy atom. The molecule has 7 nitrogen and oxygen atoms in total. The van der Waals surface area contributed by atoms with Crippen molar-refractivity contribution in [1.29, 1.82) is 0 Å². The van der Waals surface area contributed by atoms with E-state index in [0.29, 0.717) is 16.9 Å². The Balaban J connectivity index is 1.81. The van der Waals surface area contributed by atoms with E-state index in [-0.39, 0.29) is 16.9 Å². The first-order valence-corrected chi connectivity index (χ1v) is 7.56. The van der Waals surface area contributed by atoms with Gasteiger partial charge in [0.15, 0.2) is 0 Å². The van der Waals surface area contributed by atoms with Crippen LogP contribution in [0.5, 0.6) is 5.75 Å². The van der Waals surface area contributed by atoms with Gasteiger partial charge in [-0.3, -0.25) is 14.7 Å². The molecule has 0 saturated heterocycles. The van der Waals surface area contributed by atoms with E-state index < -0.39 is 5.91 Å². The summed E-state index contributed by atoms with van der Waals surface area (Å²) in [5.74, 6) is -0.703. The van der Waals surface area contributed by atoms with Gasteiger partial charge in [-0.1, -0.05) is 30.3 Å². The number of H-pyrrole nitrogens is 1. The summed E-state index contributed by atoms with van der Waals surface area (Å²) in [4.78, 5) is 24.5. The van der Waals surface area contributed by atoms with Crippen LogP contribution in [0.25, 0.3) is 5.69 Å². The van der Waals surface area contributed by atoms with Crippen molar-refractivity contribution in [1.82, 2.24) is 15.2 Å². The van der Waals surface area contributed by atoms with Crippen molar-refractivity contribution >= 4 is 12.1 Å². The van der Waals surface area contributed by atoms with Gasteiger partial charge in [-0.05, 0) is 31.2 Å². The lowest BCUT2D eigenvalue weighted by molar-refractivity contribution is 0.0952. The fourth-order valence-corrected chi connectivity index (χ4v) is 2.35. The van der Waals surface area contributed by atoms with Crippen LogP contribution in [0.1, 0.15) is 21.6 Å². The first-order chi connectivity index (χ1) is 12.1. The number of aromatic hydroxyl groups is 1. The smallest absolute Gasteiger partial charge is 0.280 e. The Morgan fingerprint density at radius 3 is 2.56 bits per heavy atom. The number of benzene rings is 2. The van der Waals surface area contributed by atoms with E-state index in [2.05, 4.69) is 15.6 Å². The SMILES string of the molecule is Cc1[nH]n(-c2ccccc2)c(=O)c1C=NNC(=O)c1ccccc1O. The number of nitrogens with zero attached hydrogens (tertiary/aromatic N) is 2. The third-order valence-corrected chi connectivity index (χ3v) is 3.64. The van der Waals surface area contributed by atoms with Crippen LogP contribution >= 0.6 is 0 Å². The molecular weight excluding hydrogens is 320 g/mol. The molecule has 0 aliphatic heterocycles. The molecule has 7 heteroatoms. The topological polar surface area (TPSA) is 99.5 Å². The number of carbonyl (C=O) groups excluding carboxylic acids is 1. The fraction of sp³-hybridized carbons (Fsp3) is 0.0556. The third kappa shape index (κ3) is 3.35. The van der Waals surface area contributed by atoms with E-state index >= 15 is 0 Å². The van der Waals surface area contributed by atoms with Gasteiger partial charge in [0, 0.05) is 5.69 Å². The first-order valence-electron chi connectivity index (χ1n) is 7.56. The van der Waals surface area contributed by atoms with Gasteiger partial charge in [0.1, 0.15) is 5.75 Å². The molecule has 0 bridgehead atoms. The molecule has 0 aliphatic rings. The largest absolute Gasteiger partial charge is 0.507 e. The van der Waals surface area contributed by atoms with Crippen molar-refractivity contribution in [3.63, 3.8) is 0 Å². The van der Waals surface area contributed by atoms with Gasteiger partial charge >= 0.3 is 0 Å². The van der Waals surface area contributed by atoms with Crippen molar-refractivity contribution in [2.75, 3.05) is 0 Å². The minimum Gasteiger partial charge on any atom is -0.507 e. The molecule has 0 radical (unpaired) electrons. The number of hydrazone groups is 1. The molecule has 0 aliphatic carbocycles. The molecule has 0 fully saturated rings. The monoisotopic (exact) mass is 336 g/mol. The molecule has 126 valence electrons. The molecule has 3 N–H and O–H groups in total. The number of hydrogen-bond donors (Lipinski definition) is 3. The van der Waals surface area contributed by atoms with E-state index in [9.17, 15) is 14.7 Å². The summed E-state index contributed by atoms with van der Waals surface area (Å²) in [5, 5.41) is 16.4. The average Bonchev–Trinajstić information content (AvgIpc) is 2.91. The highest BCUT2D eigenvalue weighted by Crippen LogP contribution is 2.14. The number of aromatic amines is 1. The number of carbonyl (C=O) groups is 1. The number of phenolic OH excluding ortho intramolecular Hbond substituents is 1. The molecule has 0 atom stereocenters. The number of nitrogens with one attached hydrogen (secondary N) is 2. The van der Waals surface area contributed by atoms with Crippen LogP contribution in [0.2, 0.25) is 0 Å². The van der Waals surface area contributed by atoms with Gasteiger partial charge in [0.2, 0.25) is 0 Å². The van der Waals surface area contributed by atoms with Crippen LogP contribution in [0, 0.1) is 6.92 Å². The summed E-state index contributed by atoms with van der Waals surface area (Å²) in [6.45, 7) is 1.74. The van der Waals surface area contributed by atoms with E-state index in [4.69, 9.17) is 0 Å². The lowest BCUT2D eigenvalue weighted by atomic mass is 10.2. The predicted octanol–water partition coefficient (Wildman–Crippen LogP) is 1.94. The van der Waals surface area contributed by atoms with E-state index in [1.807, 2.05) is 18.2 Å². The van der Waals surface area contributed by atoms with Gasteiger partial charge in [-0.15, -0.1) is 0 Å². The maximum absolute atomic E-state index is 12.5. The van der Waals surface area contributed by atoms with Crippen LogP contribution in [0.15, 0.2) is 64.5 Å². The first kappa shape index (κ1) is 16.3. The zero-order valence-corrected chi connectivity index (χ0v) is 13.4. The number of phenols is 1. The maximum atomic E-state index is 12.5. The van der Waals surface area contributed by atoms with Crippen molar-refractivity contribution in [3.8, 4) is 11.4 Å². The van der Waals surface area contributed by atoms with Crippen LogP contribution in [0.3, 0.4) is 0 Å². The minimum atomic E-state index is -0.564. The summed E-state index contributed by atoms with van der Waals surface area (Å²) in [6, 6.07) is 15.3. The van der Waals surface area contributed by atoms with Crippen LogP contribution in [-0.2, 0) is 0 Å². The molecule has 3 rings (SSSR count). The molecular formula is C18H16N4O3. The average molecular weight is 336 g/mol. The normalized spacial score (nSPS) is 10.9. The van der Waals surface area contributed by atoms with Crippen LogP contribution in [-0.4, -0.2) is 27.0 Å². The highest BCUT2D eigenvalue weighted by atomic mass is 16.3. The summed E-state index contributed by atoms with van der Waals surface area (Å²) in [7, 11) is 0. The quantitative estimate of drug-likeness (QED) is 0.501. The highest BCUT2D eigenvalue weighted by molar-refractivity contribution is 5.97. The second kappa shape index (κ2) is 6.88.